The first kappa shape index (κ1) is 20.5. The van der Waals surface area contributed by atoms with E-state index in [1.54, 1.807) is 0 Å². The zero-order chi connectivity index (χ0) is 21.2. The van der Waals surface area contributed by atoms with Crippen LogP contribution in [0, 0.1) is 5.92 Å². The molecule has 3 saturated heterocycles. The molecule has 0 aliphatic carbocycles. The second kappa shape index (κ2) is 8.99. The summed E-state index contributed by atoms with van der Waals surface area (Å²) in [4.78, 5) is 37.2. The number of rotatable bonds is 4. The Balaban J connectivity index is 1.29. The van der Waals surface area contributed by atoms with E-state index < -0.39 is 0 Å². The van der Waals surface area contributed by atoms with Crippen LogP contribution in [0.4, 0.5) is 0 Å². The molecule has 0 spiro atoms. The minimum atomic E-state index is 0.0614. The van der Waals surface area contributed by atoms with Crippen LogP contribution in [0.25, 0.3) is 5.65 Å². The first-order valence-corrected chi connectivity index (χ1v) is 12.0. The molecule has 166 valence electrons. The maximum Gasteiger partial charge on any atom is 0.274 e. The summed E-state index contributed by atoms with van der Waals surface area (Å²) in [6, 6.07) is 5.92. The third kappa shape index (κ3) is 4.20. The van der Waals surface area contributed by atoms with Crippen molar-refractivity contribution < 1.29 is 9.59 Å². The van der Waals surface area contributed by atoms with Crippen molar-refractivity contribution in [2.75, 3.05) is 39.3 Å². The van der Waals surface area contributed by atoms with Gasteiger partial charge in [-0.25, -0.2) is 4.98 Å². The van der Waals surface area contributed by atoms with Gasteiger partial charge in [-0.15, -0.1) is 0 Å². The molecule has 2 aromatic heterocycles. The topological polar surface area (TPSA) is 61.2 Å². The van der Waals surface area contributed by atoms with Crippen LogP contribution in [0.1, 0.15) is 61.1 Å². The fourth-order valence-electron chi connectivity index (χ4n) is 5.36. The molecule has 0 aromatic carbocycles. The number of pyridine rings is 1. The van der Waals surface area contributed by atoms with E-state index in [1.165, 1.54) is 6.42 Å². The van der Waals surface area contributed by atoms with E-state index in [4.69, 9.17) is 4.98 Å². The smallest absolute Gasteiger partial charge is 0.274 e. The summed E-state index contributed by atoms with van der Waals surface area (Å²) < 4.78 is 2.06. The molecule has 0 saturated carbocycles. The Kier molecular flexibility index (Phi) is 5.94. The van der Waals surface area contributed by atoms with Crippen LogP contribution in [-0.2, 0) is 11.3 Å². The van der Waals surface area contributed by atoms with Crippen LogP contribution in [0.2, 0.25) is 0 Å². The largest absolute Gasteiger partial charge is 0.342 e. The van der Waals surface area contributed by atoms with Gasteiger partial charge in [0, 0.05) is 44.8 Å². The Hall–Kier alpha value is -2.41. The molecule has 0 bridgehead atoms. The Morgan fingerprint density at radius 3 is 2.29 bits per heavy atom. The van der Waals surface area contributed by atoms with Gasteiger partial charge in [-0.05, 0) is 70.2 Å². The SMILES string of the molecule is O=C(c1nc2ccccn2c1CN1CCC(C(=O)N2CCCCC2)CC1)N1CCCC1. The normalized spacial score (nSPS) is 21.2. The number of hydrogen-bond acceptors (Lipinski definition) is 4. The number of imidazole rings is 1. The number of carbonyl (C=O) groups is 2. The van der Waals surface area contributed by atoms with E-state index in [-0.39, 0.29) is 11.8 Å². The summed E-state index contributed by atoms with van der Waals surface area (Å²) >= 11 is 0. The van der Waals surface area contributed by atoms with Crippen LogP contribution in [0.3, 0.4) is 0 Å². The van der Waals surface area contributed by atoms with Gasteiger partial charge in [-0.1, -0.05) is 6.07 Å². The predicted octanol–water partition coefficient (Wildman–Crippen LogP) is 2.79. The number of fused-ring (bicyclic) bond motifs is 1. The van der Waals surface area contributed by atoms with Crippen LogP contribution < -0.4 is 0 Å². The van der Waals surface area contributed by atoms with Crippen molar-refractivity contribution in [3.8, 4) is 0 Å². The van der Waals surface area contributed by atoms with Gasteiger partial charge in [0.05, 0.1) is 5.69 Å². The molecule has 5 rings (SSSR count). The van der Waals surface area contributed by atoms with E-state index >= 15 is 0 Å². The molecule has 2 amide bonds. The van der Waals surface area contributed by atoms with Crippen molar-refractivity contribution in [1.82, 2.24) is 24.1 Å². The van der Waals surface area contributed by atoms with Crippen molar-refractivity contribution in [3.05, 3.63) is 35.8 Å². The highest BCUT2D eigenvalue weighted by Gasteiger charge is 2.31. The maximum absolute atomic E-state index is 13.2. The molecular weight excluding hydrogens is 390 g/mol. The Bertz CT molecular complexity index is 935. The van der Waals surface area contributed by atoms with E-state index in [1.807, 2.05) is 29.3 Å². The van der Waals surface area contributed by atoms with E-state index in [9.17, 15) is 9.59 Å². The lowest BCUT2D eigenvalue weighted by Gasteiger charge is -2.35. The quantitative estimate of drug-likeness (QED) is 0.759. The molecule has 2 aromatic rings. The second-order valence-electron chi connectivity index (χ2n) is 9.27. The summed E-state index contributed by atoms with van der Waals surface area (Å²) in [5.74, 6) is 0.577. The number of likely N-dealkylation sites (tertiary alicyclic amines) is 3. The molecule has 3 aliphatic heterocycles. The molecule has 0 radical (unpaired) electrons. The van der Waals surface area contributed by atoms with Gasteiger partial charge in [0.1, 0.15) is 5.65 Å². The highest BCUT2D eigenvalue weighted by atomic mass is 16.2. The fourth-order valence-corrected chi connectivity index (χ4v) is 5.36. The monoisotopic (exact) mass is 423 g/mol. The first-order chi connectivity index (χ1) is 15.2. The first-order valence-electron chi connectivity index (χ1n) is 12.0. The molecule has 7 heteroatoms. The third-order valence-electron chi connectivity index (χ3n) is 7.20. The van der Waals surface area contributed by atoms with Crippen LogP contribution in [-0.4, -0.2) is 75.2 Å². The van der Waals surface area contributed by atoms with Gasteiger partial charge in [-0.3, -0.25) is 14.5 Å². The molecule has 3 fully saturated rings. The molecule has 0 unspecified atom stereocenters. The standard InChI is InChI=1S/C24H33N5O2/c30-23(27-11-3-1-4-12-27)19-9-16-26(17-10-19)18-20-22(24(31)28-13-6-7-14-28)25-21-8-2-5-15-29(20)21/h2,5,8,15,19H,1,3-4,6-7,9-14,16-18H2. The summed E-state index contributed by atoms with van der Waals surface area (Å²) in [7, 11) is 0. The minimum Gasteiger partial charge on any atom is -0.342 e. The second-order valence-corrected chi connectivity index (χ2v) is 9.27. The van der Waals surface area contributed by atoms with Gasteiger partial charge in [-0.2, -0.15) is 0 Å². The lowest BCUT2D eigenvalue weighted by molar-refractivity contribution is -0.138. The van der Waals surface area contributed by atoms with Crippen LogP contribution in [0.15, 0.2) is 24.4 Å². The van der Waals surface area contributed by atoms with Gasteiger partial charge >= 0.3 is 0 Å². The highest BCUT2D eigenvalue weighted by Crippen LogP contribution is 2.25. The lowest BCUT2D eigenvalue weighted by atomic mass is 9.94. The van der Waals surface area contributed by atoms with E-state index in [0.717, 1.165) is 89.1 Å². The van der Waals surface area contributed by atoms with Gasteiger partial charge in [0.15, 0.2) is 5.69 Å². The third-order valence-corrected chi connectivity index (χ3v) is 7.20. The zero-order valence-electron chi connectivity index (χ0n) is 18.3. The highest BCUT2D eigenvalue weighted by molar-refractivity contribution is 5.94. The Morgan fingerprint density at radius 1 is 0.871 bits per heavy atom. The molecule has 5 heterocycles. The summed E-state index contributed by atoms with van der Waals surface area (Å²) in [5, 5.41) is 0. The molecule has 0 atom stereocenters. The average Bonchev–Trinajstić information content (AvgIpc) is 3.48. The number of hydrogen-bond donors (Lipinski definition) is 0. The molecule has 3 aliphatic rings. The van der Waals surface area contributed by atoms with Crippen molar-refractivity contribution in [3.63, 3.8) is 0 Å². The fraction of sp³-hybridized carbons (Fsp3) is 0.625. The number of amides is 2. The van der Waals surface area contributed by atoms with Crippen molar-refractivity contribution in [2.24, 2.45) is 5.92 Å². The predicted molar refractivity (Wildman–Crippen MR) is 119 cm³/mol. The van der Waals surface area contributed by atoms with Crippen molar-refractivity contribution in [1.29, 1.82) is 0 Å². The maximum atomic E-state index is 13.2. The van der Waals surface area contributed by atoms with Crippen molar-refractivity contribution in [2.45, 2.75) is 51.5 Å². The molecule has 31 heavy (non-hydrogen) atoms. The van der Waals surface area contributed by atoms with Crippen LogP contribution in [0.5, 0.6) is 0 Å². The van der Waals surface area contributed by atoms with Gasteiger partial charge in [0.2, 0.25) is 5.91 Å². The van der Waals surface area contributed by atoms with Crippen LogP contribution >= 0.6 is 0 Å². The summed E-state index contributed by atoms with van der Waals surface area (Å²) in [6.45, 7) is 6.01. The summed E-state index contributed by atoms with van der Waals surface area (Å²) in [5.41, 5.74) is 2.41. The molecule has 0 N–H and O–H groups in total. The average molecular weight is 424 g/mol. The molecule has 7 nitrogen and oxygen atoms in total. The number of piperidine rings is 2. The minimum absolute atomic E-state index is 0.0614. The lowest BCUT2D eigenvalue weighted by Crippen LogP contribution is -2.44. The Morgan fingerprint density at radius 2 is 1.55 bits per heavy atom. The van der Waals surface area contributed by atoms with Gasteiger partial charge < -0.3 is 14.2 Å². The molecular formula is C24H33N5O2. The number of nitrogens with zero attached hydrogens (tertiary/aromatic N) is 5. The van der Waals surface area contributed by atoms with E-state index in [0.29, 0.717) is 18.1 Å². The van der Waals surface area contributed by atoms with Crippen molar-refractivity contribution >= 4 is 17.5 Å². The number of aromatic nitrogens is 2. The number of carbonyl (C=O) groups excluding carboxylic acids is 2. The van der Waals surface area contributed by atoms with Gasteiger partial charge in [0.25, 0.3) is 5.91 Å². The summed E-state index contributed by atoms with van der Waals surface area (Å²) in [6.07, 6.45) is 9.51. The van der Waals surface area contributed by atoms with E-state index in [2.05, 4.69) is 14.2 Å². The Labute approximate surface area is 184 Å². The zero-order valence-corrected chi connectivity index (χ0v) is 18.3.